The van der Waals surface area contributed by atoms with Gasteiger partial charge in [0.05, 0.1) is 5.56 Å². The molecule has 1 amide bonds. The summed E-state index contributed by atoms with van der Waals surface area (Å²) in [5.74, 6) is 0.587. The second-order valence-corrected chi connectivity index (χ2v) is 7.28. The van der Waals surface area contributed by atoms with E-state index in [2.05, 4.69) is 34.2 Å². The van der Waals surface area contributed by atoms with Crippen molar-refractivity contribution in [2.45, 2.75) is 32.6 Å². The number of nitrogens with one attached hydrogen (secondary N) is 1. The van der Waals surface area contributed by atoms with Gasteiger partial charge in [0, 0.05) is 4.88 Å². The maximum atomic E-state index is 12.2. The number of halogens is 1. The van der Waals surface area contributed by atoms with E-state index >= 15 is 0 Å². The Hall–Kier alpha value is -1.58. The number of carbonyl (C=O) groups is 1. The van der Waals surface area contributed by atoms with Crippen LogP contribution >= 0.6 is 27.3 Å². The molecule has 3 rings (SSSR count). The average molecular weight is 379 g/mol. The summed E-state index contributed by atoms with van der Waals surface area (Å²) in [6.07, 6.45) is 4.21. The summed E-state index contributed by atoms with van der Waals surface area (Å²) in [4.78, 5) is 13.4. The molecule has 22 heavy (non-hydrogen) atoms. The van der Waals surface area contributed by atoms with Gasteiger partial charge >= 0.3 is 0 Å². The predicted molar refractivity (Wildman–Crippen MR) is 89.2 cm³/mol. The first-order valence-electron chi connectivity index (χ1n) is 7.23. The monoisotopic (exact) mass is 378 g/mol. The van der Waals surface area contributed by atoms with Crippen LogP contribution in [0.25, 0.3) is 0 Å². The first-order valence-corrected chi connectivity index (χ1v) is 8.84. The highest BCUT2D eigenvalue weighted by Crippen LogP contribution is 2.40. The molecule has 2 heterocycles. The van der Waals surface area contributed by atoms with E-state index in [1.54, 1.807) is 12.1 Å². The molecule has 0 saturated carbocycles. The Morgan fingerprint density at radius 1 is 1.59 bits per heavy atom. The molecule has 4 nitrogen and oxygen atoms in total. The average Bonchev–Trinajstić information content (AvgIpc) is 3.09. The number of hydrogen-bond acceptors (Lipinski definition) is 4. The van der Waals surface area contributed by atoms with Gasteiger partial charge in [0.2, 0.25) is 0 Å². The SMILES string of the molecule is CCC1CCc2c(sc(NC(=O)c3ccc(Br)o3)c2C#N)C1. The van der Waals surface area contributed by atoms with Crippen molar-refractivity contribution in [2.75, 3.05) is 5.32 Å². The predicted octanol–water partition coefficient (Wildman–Crippen LogP) is 4.74. The Labute approximate surface area is 141 Å². The van der Waals surface area contributed by atoms with Crippen molar-refractivity contribution in [1.29, 1.82) is 5.26 Å². The summed E-state index contributed by atoms with van der Waals surface area (Å²) in [7, 11) is 0. The lowest BCUT2D eigenvalue weighted by molar-refractivity contribution is 0.0996. The zero-order valence-corrected chi connectivity index (χ0v) is 14.5. The third-order valence-electron chi connectivity index (χ3n) is 4.08. The van der Waals surface area contributed by atoms with Crippen molar-refractivity contribution in [3.8, 4) is 6.07 Å². The molecule has 0 spiro atoms. The minimum atomic E-state index is -0.326. The summed E-state index contributed by atoms with van der Waals surface area (Å²) in [6, 6.07) is 5.53. The summed E-state index contributed by atoms with van der Waals surface area (Å²) >= 11 is 4.71. The number of nitriles is 1. The number of carbonyl (C=O) groups excluding carboxylic acids is 1. The van der Waals surface area contributed by atoms with Crippen molar-refractivity contribution in [2.24, 2.45) is 5.92 Å². The molecule has 6 heteroatoms. The lowest BCUT2D eigenvalue weighted by Crippen LogP contribution is -2.12. The second kappa shape index (κ2) is 6.27. The second-order valence-electron chi connectivity index (χ2n) is 5.39. The van der Waals surface area contributed by atoms with Crippen LogP contribution in [0.2, 0.25) is 0 Å². The van der Waals surface area contributed by atoms with E-state index in [1.165, 1.54) is 16.2 Å². The number of anilines is 1. The third-order valence-corrected chi connectivity index (χ3v) is 5.68. The summed E-state index contributed by atoms with van der Waals surface area (Å²) in [6.45, 7) is 2.20. The Morgan fingerprint density at radius 3 is 3.05 bits per heavy atom. The Balaban J connectivity index is 1.87. The van der Waals surface area contributed by atoms with Gasteiger partial charge < -0.3 is 9.73 Å². The number of nitrogens with zero attached hydrogens (tertiary/aromatic N) is 1. The van der Waals surface area contributed by atoms with Gasteiger partial charge in [-0.25, -0.2) is 0 Å². The van der Waals surface area contributed by atoms with E-state index in [4.69, 9.17) is 4.42 Å². The zero-order valence-electron chi connectivity index (χ0n) is 12.1. The first-order chi connectivity index (χ1) is 10.6. The van der Waals surface area contributed by atoms with E-state index < -0.39 is 0 Å². The quantitative estimate of drug-likeness (QED) is 0.838. The fraction of sp³-hybridized carbons (Fsp3) is 0.375. The summed E-state index contributed by atoms with van der Waals surface area (Å²) in [5, 5.41) is 12.9. The molecule has 0 aromatic carbocycles. The van der Waals surface area contributed by atoms with Gasteiger partial charge in [0.25, 0.3) is 5.91 Å². The minimum absolute atomic E-state index is 0.230. The third kappa shape index (κ3) is 2.83. The van der Waals surface area contributed by atoms with Crippen LogP contribution in [0.4, 0.5) is 5.00 Å². The van der Waals surface area contributed by atoms with Crippen LogP contribution < -0.4 is 5.32 Å². The normalized spacial score (nSPS) is 16.9. The molecule has 1 atom stereocenters. The van der Waals surface area contributed by atoms with Gasteiger partial charge in [0.1, 0.15) is 11.1 Å². The Morgan fingerprint density at radius 2 is 2.41 bits per heavy atom. The number of amides is 1. The standard InChI is InChI=1S/C16H15BrN2O2S/c1-2-9-3-4-10-11(8-18)16(22-13(10)7-9)19-15(20)12-5-6-14(17)21-12/h5-6,9H,2-4,7H2,1H3,(H,19,20). The fourth-order valence-electron chi connectivity index (χ4n) is 2.81. The minimum Gasteiger partial charge on any atom is -0.444 e. The molecular weight excluding hydrogens is 364 g/mol. The van der Waals surface area contributed by atoms with Crippen molar-refractivity contribution >= 4 is 38.2 Å². The molecule has 1 aliphatic rings. The smallest absolute Gasteiger partial charge is 0.292 e. The van der Waals surface area contributed by atoms with Crippen molar-refractivity contribution in [3.05, 3.63) is 38.6 Å². The molecule has 0 fully saturated rings. The molecule has 1 N–H and O–H groups in total. The Bertz CT molecular complexity index is 757. The van der Waals surface area contributed by atoms with Crippen LogP contribution in [0.3, 0.4) is 0 Å². The van der Waals surface area contributed by atoms with E-state index in [-0.39, 0.29) is 11.7 Å². The first kappa shape index (κ1) is 15.3. The van der Waals surface area contributed by atoms with Crippen LogP contribution in [0, 0.1) is 17.2 Å². The van der Waals surface area contributed by atoms with Crippen LogP contribution in [-0.4, -0.2) is 5.91 Å². The molecule has 1 aliphatic carbocycles. The van der Waals surface area contributed by atoms with Gasteiger partial charge in [0.15, 0.2) is 10.4 Å². The van der Waals surface area contributed by atoms with Crippen LogP contribution in [0.1, 0.15) is 46.3 Å². The highest BCUT2D eigenvalue weighted by Gasteiger charge is 2.26. The highest BCUT2D eigenvalue weighted by atomic mass is 79.9. The molecular formula is C16H15BrN2O2S. The van der Waals surface area contributed by atoms with E-state index in [1.807, 2.05) is 0 Å². The van der Waals surface area contributed by atoms with Gasteiger partial charge in [-0.15, -0.1) is 11.3 Å². The maximum Gasteiger partial charge on any atom is 0.292 e. The van der Waals surface area contributed by atoms with Gasteiger partial charge in [-0.05, 0) is 58.8 Å². The highest BCUT2D eigenvalue weighted by molar-refractivity contribution is 9.10. The van der Waals surface area contributed by atoms with E-state index in [0.717, 1.165) is 31.2 Å². The lowest BCUT2D eigenvalue weighted by atomic mass is 9.86. The van der Waals surface area contributed by atoms with Crippen molar-refractivity contribution < 1.29 is 9.21 Å². The summed E-state index contributed by atoms with van der Waals surface area (Å²) < 4.78 is 5.76. The van der Waals surface area contributed by atoms with Crippen molar-refractivity contribution in [1.82, 2.24) is 0 Å². The van der Waals surface area contributed by atoms with E-state index in [9.17, 15) is 10.1 Å². The Kier molecular flexibility index (Phi) is 4.37. The zero-order chi connectivity index (χ0) is 15.7. The fourth-order valence-corrected chi connectivity index (χ4v) is 4.42. The molecule has 2 aromatic rings. The molecule has 0 radical (unpaired) electrons. The molecule has 114 valence electrons. The van der Waals surface area contributed by atoms with Crippen LogP contribution in [0.15, 0.2) is 21.2 Å². The number of rotatable bonds is 3. The topological polar surface area (TPSA) is 66.0 Å². The lowest BCUT2D eigenvalue weighted by Gasteiger charge is -2.20. The number of fused-ring (bicyclic) bond motifs is 1. The van der Waals surface area contributed by atoms with Crippen LogP contribution in [0.5, 0.6) is 0 Å². The molecule has 2 aromatic heterocycles. The van der Waals surface area contributed by atoms with Gasteiger partial charge in [-0.1, -0.05) is 13.3 Å². The summed E-state index contributed by atoms with van der Waals surface area (Å²) in [5.41, 5.74) is 1.74. The number of furan rings is 1. The number of thiophene rings is 1. The molecule has 1 unspecified atom stereocenters. The van der Waals surface area contributed by atoms with Crippen LogP contribution in [-0.2, 0) is 12.8 Å². The molecule has 0 bridgehead atoms. The maximum absolute atomic E-state index is 12.2. The number of hydrogen-bond donors (Lipinski definition) is 1. The van der Waals surface area contributed by atoms with Crippen molar-refractivity contribution in [3.63, 3.8) is 0 Å². The molecule has 0 saturated heterocycles. The largest absolute Gasteiger partial charge is 0.444 e. The van der Waals surface area contributed by atoms with Gasteiger partial charge in [-0.3, -0.25) is 4.79 Å². The molecule has 0 aliphatic heterocycles. The van der Waals surface area contributed by atoms with E-state index in [0.29, 0.717) is 21.2 Å². The van der Waals surface area contributed by atoms with Gasteiger partial charge in [-0.2, -0.15) is 5.26 Å².